The molecule has 0 radical (unpaired) electrons. The second kappa shape index (κ2) is 11.7. The highest BCUT2D eigenvalue weighted by Crippen LogP contribution is 2.36. The molecule has 33 heavy (non-hydrogen) atoms. The predicted molar refractivity (Wildman–Crippen MR) is 143 cm³/mol. The number of piperazine rings is 1. The van der Waals surface area contributed by atoms with Crippen molar-refractivity contribution < 1.29 is 5.11 Å². The van der Waals surface area contributed by atoms with Gasteiger partial charge in [0.15, 0.2) is 0 Å². The molecule has 0 spiro atoms. The van der Waals surface area contributed by atoms with E-state index in [1.807, 2.05) is 24.3 Å². The molecule has 1 aliphatic carbocycles. The maximum atomic E-state index is 9.92. The number of nitrogens with zero attached hydrogens (tertiary/aromatic N) is 3. The lowest BCUT2D eigenvalue weighted by Gasteiger charge is -2.45. The monoisotopic (exact) mass is 531 g/mol. The van der Waals surface area contributed by atoms with Crippen molar-refractivity contribution in [2.24, 2.45) is 5.92 Å². The van der Waals surface area contributed by atoms with Crippen LogP contribution in [0, 0.1) is 5.92 Å². The molecule has 0 saturated carbocycles. The molecule has 2 aliphatic heterocycles. The van der Waals surface area contributed by atoms with Crippen molar-refractivity contribution in [1.82, 2.24) is 9.80 Å². The van der Waals surface area contributed by atoms with E-state index in [4.69, 9.17) is 23.2 Å². The fraction of sp³-hybridized carbons (Fsp3) is 0.520. The van der Waals surface area contributed by atoms with Gasteiger partial charge in [-0.1, -0.05) is 35.3 Å². The van der Waals surface area contributed by atoms with Gasteiger partial charge in [-0.15, -0.1) is 24.8 Å². The van der Waals surface area contributed by atoms with Crippen LogP contribution in [-0.4, -0.2) is 66.8 Å². The molecule has 2 aromatic carbocycles. The van der Waals surface area contributed by atoms with Gasteiger partial charge in [0.25, 0.3) is 0 Å². The number of rotatable bonds is 4. The van der Waals surface area contributed by atoms with Crippen molar-refractivity contribution in [1.29, 1.82) is 0 Å². The minimum absolute atomic E-state index is 0. The molecule has 2 heterocycles. The van der Waals surface area contributed by atoms with Gasteiger partial charge in [0.05, 0.1) is 15.7 Å². The van der Waals surface area contributed by atoms with Crippen LogP contribution in [-0.2, 0) is 12.8 Å². The number of benzene rings is 2. The van der Waals surface area contributed by atoms with Gasteiger partial charge >= 0.3 is 0 Å². The van der Waals surface area contributed by atoms with Gasteiger partial charge in [-0.05, 0) is 73.5 Å². The number of halogens is 4. The lowest BCUT2D eigenvalue weighted by Crippen LogP contribution is -2.53. The van der Waals surface area contributed by atoms with E-state index in [0.29, 0.717) is 21.8 Å². The number of phenolic OH excluding ortho intramolecular Hbond substituents is 1. The molecule has 1 N–H and O–H groups in total. The SMILES string of the molecule is Cl.Cl.Oc1ccc2c(c1)C[C@H]1[C@@H](CCCN1CCN1CCN(c3cccc(Cl)c3Cl)CC1)C2. The molecule has 0 unspecified atom stereocenters. The van der Waals surface area contributed by atoms with Crippen LogP contribution in [0.5, 0.6) is 5.75 Å². The van der Waals surface area contributed by atoms with Crippen LogP contribution in [0.3, 0.4) is 0 Å². The summed E-state index contributed by atoms with van der Waals surface area (Å²) in [6.45, 7) is 7.54. The normalized spacial score (nSPS) is 23.2. The molecular formula is C25H33Cl4N3O. The molecule has 0 aromatic heterocycles. The number of fused-ring (bicyclic) bond motifs is 2. The standard InChI is InChI=1S/C25H31Cl2N3O.2ClH/c26-22-4-1-5-23(25(22)27)30-13-10-28(11-14-30)9-12-29-8-2-3-19-15-18-6-7-21(31)16-20(18)17-24(19)29;;/h1,4-7,16,19,24,31H,2-3,8-15,17H2;2*1H/t19-,24-;;/m0../s1. The zero-order chi connectivity index (χ0) is 21.4. The van der Waals surface area contributed by atoms with Crippen molar-refractivity contribution in [3.05, 3.63) is 57.6 Å². The largest absolute Gasteiger partial charge is 0.508 e. The first-order valence-electron chi connectivity index (χ1n) is 11.5. The summed E-state index contributed by atoms with van der Waals surface area (Å²) in [6.07, 6.45) is 4.88. The van der Waals surface area contributed by atoms with Crippen molar-refractivity contribution in [2.75, 3.05) is 50.7 Å². The Morgan fingerprint density at radius 2 is 1.67 bits per heavy atom. The van der Waals surface area contributed by atoms with Crippen molar-refractivity contribution in [3.63, 3.8) is 0 Å². The fourth-order valence-electron chi connectivity index (χ4n) is 5.75. The number of likely N-dealkylation sites (tertiary alicyclic amines) is 1. The van der Waals surface area contributed by atoms with Gasteiger partial charge in [-0.3, -0.25) is 9.80 Å². The Hall–Kier alpha value is -0.880. The van der Waals surface area contributed by atoms with Crippen LogP contribution in [0.15, 0.2) is 36.4 Å². The van der Waals surface area contributed by atoms with Gasteiger partial charge in [-0.25, -0.2) is 0 Å². The van der Waals surface area contributed by atoms with Crippen molar-refractivity contribution in [3.8, 4) is 5.75 Å². The highest BCUT2D eigenvalue weighted by atomic mass is 35.5. The lowest BCUT2D eigenvalue weighted by atomic mass is 9.75. The van der Waals surface area contributed by atoms with E-state index in [-0.39, 0.29) is 24.8 Å². The second-order valence-electron chi connectivity index (χ2n) is 9.27. The van der Waals surface area contributed by atoms with Crippen molar-refractivity contribution in [2.45, 2.75) is 31.7 Å². The van der Waals surface area contributed by atoms with Crippen LogP contribution >= 0.6 is 48.0 Å². The molecule has 0 amide bonds. The maximum Gasteiger partial charge on any atom is 0.115 e. The summed E-state index contributed by atoms with van der Waals surface area (Å²) in [6, 6.07) is 12.5. The summed E-state index contributed by atoms with van der Waals surface area (Å²) in [5.41, 5.74) is 3.84. The Morgan fingerprint density at radius 1 is 0.879 bits per heavy atom. The van der Waals surface area contributed by atoms with Gasteiger partial charge in [-0.2, -0.15) is 0 Å². The summed E-state index contributed by atoms with van der Waals surface area (Å²) in [4.78, 5) is 7.66. The highest BCUT2D eigenvalue weighted by Gasteiger charge is 2.35. The minimum atomic E-state index is 0. The number of piperidine rings is 1. The lowest BCUT2D eigenvalue weighted by molar-refractivity contribution is 0.0726. The van der Waals surface area contributed by atoms with Crippen LogP contribution in [0.2, 0.25) is 10.0 Å². The van der Waals surface area contributed by atoms with Crippen LogP contribution < -0.4 is 4.90 Å². The van der Waals surface area contributed by atoms with E-state index in [1.165, 1.54) is 30.5 Å². The number of phenols is 1. The molecule has 182 valence electrons. The summed E-state index contributed by atoms with van der Waals surface area (Å²) in [7, 11) is 0. The maximum absolute atomic E-state index is 9.92. The zero-order valence-corrected chi connectivity index (χ0v) is 21.9. The average Bonchev–Trinajstić information content (AvgIpc) is 2.78. The number of hydrogen-bond acceptors (Lipinski definition) is 4. The summed E-state index contributed by atoms with van der Waals surface area (Å²) in [5.74, 6) is 1.16. The van der Waals surface area contributed by atoms with Gasteiger partial charge in [0, 0.05) is 45.3 Å². The average molecular weight is 533 g/mol. The number of hydrogen-bond donors (Lipinski definition) is 1. The van der Waals surface area contributed by atoms with Gasteiger partial charge in [0.2, 0.25) is 0 Å². The summed E-state index contributed by atoms with van der Waals surface area (Å²) >= 11 is 12.6. The molecule has 2 saturated heterocycles. The first-order valence-corrected chi connectivity index (χ1v) is 12.3. The molecule has 5 rings (SSSR count). The molecule has 3 aliphatic rings. The van der Waals surface area contributed by atoms with Crippen LogP contribution in [0.25, 0.3) is 0 Å². The topological polar surface area (TPSA) is 30.0 Å². The van der Waals surface area contributed by atoms with Crippen LogP contribution in [0.4, 0.5) is 5.69 Å². The van der Waals surface area contributed by atoms with E-state index < -0.39 is 0 Å². The van der Waals surface area contributed by atoms with Gasteiger partial charge < -0.3 is 10.0 Å². The van der Waals surface area contributed by atoms with Crippen molar-refractivity contribution >= 4 is 53.7 Å². The Kier molecular flexibility index (Phi) is 9.47. The number of anilines is 1. The molecule has 0 bridgehead atoms. The van der Waals surface area contributed by atoms with E-state index in [0.717, 1.165) is 63.7 Å². The Labute approximate surface area is 219 Å². The minimum Gasteiger partial charge on any atom is -0.508 e. The molecular weight excluding hydrogens is 500 g/mol. The molecule has 8 heteroatoms. The molecule has 2 atom stereocenters. The second-order valence-corrected chi connectivity index (χ2v) is 10.1. The Morgan fingerprint density at radius 3 is 2.45 bits per heavy atom. The van der Waals surface area contributed by atoms with Crippen LogP contribution in [0.1, 0.15) is 24.0 Å². The molecule has 2 fully saturated rings. The summed E-state index contributed by atoms with van der Waals surface area (Å²) in [5, 5.41) is 11.2. The van der Waals surface area contributed by atoms with E-state index in [1.54, 1.807) is 0 Å². The molecule has 4 nitrogen and oxygen atoms in total. The van der Waals surface area contributed by atoms with E-state index in [9.17, 15) is 5.11 Å². The Balaban J connectivity index is 0.00000153. The zero-order valence-electron chi connectivity index (χ0n) is 18.8. The number of aromatic hydroxyl groups is 1. The smallest absolute Gasteiger partial charge is 0.115 e. The first-order chi connectivity index (χ1) is 15.1. The third-order valence-electron chi connectivity index (χ3n) is 7.48. The third kappa shape index (κ3) is 5.86. The predicted octanol–water partition coefficient (Wildman–Crippen LogP) is 5.54. The fourth-order valence-corrected chi connectivity index (χ4v) is 6.17. The Bertz CT molecular complexity index is 936. The summed E-state index contributed by atoms with van der Waals surface area (Å²) < 4.78 is 0. The van der Waals surface area contributed by atoms with E-state index in [2.05, 4.69) is 26.8 Å². The highest BCUT2D eigenvalue weighted by molar-refractivity contribution is 6.43. The quantitative estimate of drug-likeness (QED) is 0.559. The third-order valence-corrected chi connectivity index (χ3v) is 8.29. The van der Waals surface area contributed by atoms with Gasteiger partial charge in [0.1, 0.15) is 5.75 Å². The molecule has 2 aromatic rings. The van der Waals surface area contributed by atoms with E-state index >= 15 is 0 Å². The first kappa shape index (κ1) is 26.7.